The Labute approximate surface area is 132 Å². The molecule has 1 aromatic heterocycles. The lowest BCUT2D eigenvalue weighted by Gasteiger charge is -2.12. The number of benzene rings is 2. The van der Waals surface area contributed by atoms with Crippen molar-refractivity contribution < 1.29 is 4.92 Å². The number of aromatic nitrogens is 1. The second-order valence-electron chi connectivity index (χ2n) is 5.08. The molecule has 0 amide bonds. The van der Waals surface area contributed by atoms with Gasteiger partial charge in [-0.15, -0.1) is 0 Å². The lowest BCUT2D eigenvalue weighted by atomic mass is 10.1. The number of non-ortho nitro benzene ring substituents is 1. The predicted octanol–water partition coefficient (Wildman–Crippen LogP) is 4.07. The Balaban J connectivity index is 2.23. The molecule has 0 radical (unpaired) electrons. The monoisotopic (exact) mass is 304 g/mol. The largest absolute Gasteiger partial charge is 0.354 e. The van der Waals surface area contributed by atoms with E-state index in [4.69, 9.17) is 0 Å². The van der Waals surface area contributed by atoms with Crippen molar-refractivity contribution in [3.8, 4) is 6.07 Å². The van der Waals surface area contributed by atoms with E-state index in [1.54, 1.807) is 12.1 Å². The molecular formula is C17H12N4O2. The highest BCUT2D eigenvalue weighted by Crippen LogP contribution is 2.33. The molecule has 0 saturated heterocycles. The Morgan fingerprint density at radius 3 is 2.74 bits per heavy atom. The molecule has 6 nitrogen and oxygen atoms in total. The number of nitrogens with one attached hydrogen (secondary N) is 1. The maximum Gasteiger partial charge on any atom is 0.295 e. The fourth-order valence-electron chi connectivity index (χ4n) is 2.44. The van der Waals surface area contributed by atoms with E-state index in [1.807, 2.05) is 31.2 Å². The third kappa shape index (κ3) is 2.68. The SMILES string of the molecule is Cc1cccc(Nc2c(C#N)cnc3c([N+](=O)[O-])cccc23)c1. The smallest absolute Gasteiger partial charge is 0.295 e. The fourth-order valence-corrected chi connectivity index (χ4v) is 2.44. The van der Waals surface area contributed by atoms with Gasteiger partial charge in [0.1, 0.15) is 11.6 Å². The van der Waals surface area contributed by atoms with Crippen LogP contribution in [0.1, 0.15) is 11.1 Å². The Morgan fingerprint density at radius 1 is 1.26 bits per heavy atom. The van der Waals surface area contributed by atoms with Crippen LogP contribution in [0.2, 0.25) is 0 Å². The minimum absolute atomic E-state index is 0.0840. The highest BCUT2D eigenvalue weighted by molar-refractivity contribution is 5.99. The molecule has 0 bridgehead atoms. The molecule has 2 aromatic carbocycles. The minimum atomic E-state index is -0.474. The zero-order chi connectivity index (χ0) is 16.4. The highest BCUT2D eigenvalue weighted by Gasteiger charge is 2.17. The zero-order valence-corrected chi connectivity index (χ0v) is 12.3. The molecule has 0 aliphatic heterocycles. The van der Waals surface area contributed by atoms with E-state index in [1.165, 1.54) is 12.3 Å². The van der Waals surface area contributed by atoms with Crippen molar-refractivity contribution in [1.82, 2.24) is 4.98 Å². The number of fused-ring (bicyclic) bond motifs is 1. The van der Waals surface area contributed by atoms with Crippen LogP contribution in [0.25, 0.3) is 10.9 Å². The molecule has 0 fully saturated rings. The van der Waals surface area contributed by atoms with Crippen LogP contribution in [-0.2, 0) is 0 Å². The lowest BCUT2D eigenvalue weighted by Crippen LogP contribution is -1.99. The van der Waals surface area contributed by atoms with Crippen LogP contribution in [0.4, 0.5) is 17.1 Å². The molecule has 1 N–H and O–H groups in total. The van der Waals surface area contributed by atoms with E-state index in [-0.39, 0.29) is 11.2 Å². The quantitative estimate of drug-likeness (QED) is 0.581. The number of anilines is 2. The van der Waals surface area contributed by atoms with Gasteiger partial charge in [-0.2, -0.15) is 5.26 Å². The number of hydrogen-bond donors (Lipinski definition) is 1. The first-order chi connectivity index (χ1) is 11.1. The third-order valence-corrected chi connectivity index (χ3v) is 3.48. The van der Waals surface area contributed by atoms with Gasteiger partial charge in [-0.05, 0) is 24.6 Å². The summed E-state index contributed by atoms with van der Waals surface area (Å²) in [5.41, 5.74) is 2.90. The van der Waals surface area contributed by atoms with Gasteiger partial charge in [0.2, 0.25) is 0 Å². The fraction of sp³-hybridized carbons (Fsp3) is 0.0588. The Bertz CT molecular complexity index is 960. The van der Waals surface area contributed by atoms with Gasteiger partial charge in [0.25, 0.3) is 5.69 Å². The number of nitro benzene ring substituents is 1. The molecule has 0 atom stereocenters. The standard InChI is InChI=1S/C17H12N4O2/c1-11-4-2-5-13(8-11)20-16-12(9-18)10-19-17-14(16)6-3-7-15(17)21(22)23/h2-8,10H,1H3,(H,19,20). The van der Waals surface area contributed by atoms with Crippen LogP contribution in [0.15, 0.2) is 48.7 Å². The van der Waals surface area contributed by atoms with Gasteiger partial charge in [0, 0.05) is 23.3 Å². The predicted molar refractivity (Wildman–Crippen MR) is 87.6 cm³/mol. The number of hydrogen-bond acceptors (Lipinski definition) is 5. The van der Waals surface area contributed by atoms with Gasteiger partial charge >= 0.3 is 0 Å². The average molecular weight is 304 g/mol. The summed E-state index contributed by atoms with van der Waals surface area (Å²) in [7, 11) is 0. The van der Waals surface area contributed by atoms with Crippen LogP contribution in [0, 0.1) is 28.4 Å². The Morgan fingerprint density at radius 2 is 2.04 bits per heavy atom. The summed E-state index contributed by atoms with van der Waals surface area (Å²) < 4.78 is 0. The van der Waals surface area contributed by atoms with E-state index in [0.29, 0.717) is 16.6 Å². The van der Waals surface area contributed by atoms with Gasteiger partial charge in [-0.1, -0.05) is 24.3 Å². The summed E-state index contributed by atoms with van der Waals surface area (Å²) in [6.45, 7) is 1.96. The van der Waals surface area contributed by atoms with Crippen LogP contribution in [0.5, 0.6) is 0 Å². The van der Waals surface area contributed by atoms with Crippen molar-refractivity contribution in [2.24, 2.45) is 0 Å². The molecule has 0 aliphatic carbocycles. The van der Waals surface area contributed by atoms with Crippen molar-refractivity contribution in [3.63, 3.8) is 0 Å². The third-order valence-electron chi connectivity index (χ3n) is 3.48. The molecule has 0 saturated carbocycles. The van der Waals surface area contributed by atoms with Gasteiger partial charge < -0.3 is 5.32 Å². The van der Waals surface area contributed by atoms with Gasteiger partial charge in [0.05, 0.1) is 16.2 Å². The Hall–Kier alpha value is -3.46. The molecule has 112 valence electrons. The molecule has 6 heteroatoms. The number of para-hydroxylation sites is 1. The summed E-state index contributed by atoms with van der Waals surface area (Å²) in [5.74, 6) is 0. The van der Waals surface area contributed by atoms with E-state index in [9.17, 15) is 15.4 Å². The first kappa shape index (κ1) is 14.5. The number of aryl methyl sites for hydroxylation is 1. The van der Waals surface area contributed by atoms with E-state index in [0.717, 1.165) is 11.3 Å². The summed E-state index contributed by atoms with van der Waals surface area (Å²) in [6, 6.07) is 14.5. The average Bonchev–Trinajstić information content (AvgIpc) is 2.54. The van der Waals surface area contributed by atoms with Crippen molar-refractivity contribution in [1.29, 1.82) is 5.26 Å². The molecule has 0 unspecified atom stereocenters. The molecule has 1 heterocycles. The highest BCUT2D eigenvalue weighted by atomic mass is 16.6. The number of nitriles is 1. The van der Waals surface area contributed by atoms with E-state index in [2.05, 4.69) is 16.4 Å². The first-order valence-corrected chi connectivity index (χ1v) is 6.90. The molecule has 0 spiro atoms. The molecular weight excluding hydrogens is 292 g/mol. The maximum absolute atomic E-state index is 11.2. The number of nitro groups is 1. The summed E-state index contributed by atoms with van der Waals surface area (Å²) >= 11 is 0. The van der Waals surface area contributed by atoms with E-state index < -0.39 is 4.92 Å². The molecule has 3 aromatic rings. The number of rotatable bonds is 3. The zero-order valence-electron chi connectivity index (χ0n) is 12.3. The minimum Gasteiger partial charge on any atom is -0.354 e. The summed E-state index contributed by atoms with van der Waals surface area (Å²) in [5, 5.41) is 24.2. The molecule has 3 rings (SSSR count). The van der Waals surface area contributed by atoms with Crippen LogP contribution >= 0.6 is 0 Å². The maximum atomic E-state index is 11.2. The second-order valence-corrected chi connectivity index (χ2v) is 5.08. The number of pyridine rings is 1. The van der Waals surface area contributed by atoms with Crippen LogP contribution in [-0.4, -0.2) is 9.91 Å². The van der Waals surface area contributed by atoms with Crippen LogP contribution in [0.3, 0.4) is 0 Å². The van der Waals surface area contributed by atoms with Gasteiger partial charge in [-0.25, -0.2) is 4.98 Å². The molecule has 23 heavy (non-hydrogen) atoms. The van der Waals surface area contributed by atoms with Crippen LogP contribution < -0.4 is 5.32 Å². The Kier molecular flexibility index (Phi) is 3.61. The first-order valence-electron chi connectivity index (χ1n) is 6.90. The van der Waals surface area contributed by atoms with E-state index >= 15 is 0 Å². The molecule has 0 aliphatic rings. The van der Waals surface area contributed by atoms with Crippen molar-refractivity contribution in [2.75, 3.05) is 5.32 Å². The topological polar surface area (TPSA) is 91.8 Å². The summed E-state index contributed by atoms with van der Waals surface area (Å²) in [6.07, 6.45) is 1.35. The normalized spacial score (nSPS) is 10.3. The number of nitrogens with zero attached hydrogens (tertiary/aromatic N) is 3. The van der Waals surface area contributed by atoms with Crippen molar-refractivity contribution >= 4 is 28.0 Å². The van der Waals surface area contributed by atoms with Gasteiger partial charge in [0.15, 0.2) is 0 Å². The van der Waals surface area contributed by atoms with Gasteiger partial charge in [-0.3, -0.25) is 10.1 Å². The summed E-state index contributed by atoms with van der Waals surface area (Å²) in [4.78, 5) is 14.8. The van der Waals surface area contributed by atoms with Crippen molar-refractivity contribution in [2.45, 2.75) is 6.92 Å². The lowest BCUT2D eigenvalue weighted by molar-refractivity contribution is -0.383. The van der Waals surface area contributed by atoms with Crippen molar-refractivity contribution in [3.05, 3.63) is 69.9 Å². The second kappa shape index (κ2) is 5.73.